The van der Waals surface area contributed by atoms with E-state index < -0.39 is 0 Å². The molecular formula is C16H26ClN3O. The first kappa shape index (κ1) is 17.8. The summed E-state index contributed by atoms with van der Waals surface area (Å²) in [6, 6.07) is 7.93. The molecule has 0 atom stereocenters. The van der Waals surface area contributed by atoms with Gasteiger partial charge in [0.25, 0.3) is 0 Å². The van der Waals surface area contributed by atoms with E-state index in [1.54, 1.807) is 0 Å². The Morgan fingerprint density at radius 2 is 2.05 bits per heavy atom. The van der Waals surface area contributed by atoms with Gasteiger partial charge in [-0.25, -0.2) is 0 Å². The number of aliphatic imine (C=N–C) groups is 1. The Labute approximate surface area is 132 Å². The van der Waals surface area contributed by atoms with Crippen molar-refractivity contribution in [1.82, 2.24) is 10.6 Å². The zero-order chi connectivity index (χ0) is 15.3. The van der Waals surface area contributed by atoms with Gasteiger partial charge in [0, 0.05) is 37.9 Å². The molecule has 0 heterocycles. The van der Waals surface area contributed by atoms with Crippen LogP contribution >= 0.6 is 11.6 Å². The van der Waals surface area contributed by atoms with Gasteiger partial charge in [0.2, 0.25) is 0 Å². The van der Waals surface area contributed by atoms with Crippen LogP contribution in [0.1, 0.15) is 25.8 Å². The Morgan fingerprint density at radius 1 is 1.24 bits per heavy atom. The molecule has 0 aliphatic heterocycles. The highest BCUT2D eigenvalue weighted by Gasteiger charge is 2.00. The Kier molecular flexibility index (Phi) is 9.66. The summed E-state index contributed by atoms with van der Waals surface area (Å²) in [5.74, 6) is 0.848. The molecular weight excluding hydrogens is 286 g/mol. The van der Waals surface area contributed by atoms with Gasteiger partial charge >= 0.3 is 0 Å². The third-order valence-electron chi connectivity index (χ3n) is 2.91. The number of halogens is 1. The molecule has 0 saturated carbocycles. The maximum Gasteiger partial charge on any atom is 0.191 e. The first-order valence-corrected chi connectivity index (χ1v) is 7.99. The maximum atomic E-state index is 6.15. The second kappa shape index (κ2) is 11.4. The van der Waals surface area contributed by atoms with Gasteiger partial charge in [-0.05, 0) is 38.3 Å². The maximum absolute atomic E-state index is 6.15. The zero-order valence-corrected chi connectivity index (χ0v) is 13.7. The minimum absolute atomic E-state index is 0.763. The van der Waals surface area contributed by atoms with Crippen molar-refractivity contribution in [3.8, 4) is 0 Å². The van der Waals surface area contributed by atoms with E-state index in [1.165, 1.54) is 0 Å². The summed E-state index contributed by atoms with van der Waals surface area (Å²) < 4.78 is 5.30. The van der Waals surface area contributed by atoms with Crippen molar-refractivity contribution in [2.45, 2.75) is 26.7 Å². The van der Waals surface area contributed by atoms with Gasteiger partial charge in [-0.2, -0.15) is 0 Å². The van der Waals surface area contributed by atoms with Crippen LogP contribution in [0.2, 0.25) is 5.02 Å². The van der Waals surface area contributed by atoms with Crippen molar-refractivity contribution in [3.63, 3.8) is 0 Å². The smallest absolute Gasteiger partial charge is 0.191 e. The van der Waals surface area contributed by atoms with Gasteiger partial charge in [-0.15, -0.1) is 0 Å². The lowest BCUT2D eigenvalue weighted by Gasteiger charge is -2.11. The monoisotopic (exact) mass is 311 g/mol. The number of guanidine groups is 1. The van der Waals surface area contributed by atoms with Crippen LogP contribution in [0.4, 0.5) is 0 Å². The van der Waals surface area contributed by atoms with Crippen LogP contribution in [0.3, 0.4) is 0 Å². The minimum atomic E-state index is 0.763. The predicted octanol–water partition coefficient (Wildman–Crippen LogP) is 2.86. The first-order chi connectivity index (χ1) is 10.3. The summed E-state index contributed by atoms with van der Waals surface area (Å²) >= 11 is 6.15. The summed E-state index contributed by atoms with van der Waals surface area (Å²) in [7, 11) is 0. The van der Waals surface area contributed by atoms with Crippen molar-refractivity contribution in [2.24, 2.45) is 4.99 Å². The third-order valence-corrected chi connectivity index (χ3v) is 3.28. The molecule has 2 N–H and O–H groups in total. The number of rotatable bonds is 9. The van der Waals surface area contributed by atoms with Crippen molar-refractivity contribution >= 4 is 17.6 Å². The molecule has 0 aliphatic rings. The van der Waals surface area contributed by atoms with Crippen LogP contribution in [0.5, 0.6) is 0 Å². The van der Waals surface area contributed by atoms with Gasteiger partial charge in [-0.3, -0.25) is 4.99 Å². The number of hydrogen-bond acceptors (Lipinski definition) is 2. The van der Waals surface area contributed by atoms with Crippen molar-refractivity contribution < 1.29 is 4.74 Å². The molecule has 0 saturated heterocycles. The van der Waals surface area contributed by atoms with E-state index >= 15 is 0 Å². The molecule has 0 bridgehead atoms. The van der Waals surface area contributed by atoms with Crippen LogP contribution in [0.25, 0.3) is 0 Å². The van der Waals surface area contributed by atoms with Gasteiger partial charge in [0.1, 0.15) is 0 Å². The Balaban J connectivity index is 2.33. The molecule has 0 fully saturated rings. The fourth-order valence-corrected chi connectivity index (χ4v) is 2.09. The van der Waals surface area contributed by atoms with E-state index in [1.807, 2.05) is 25.1 Å². The number of nitrogens with one attached hydrogen (secondary N) is 2. The molecule has 1 aromatic rings. The first-order valence-electron chi connectivity index (χ1n) is 7.61. The average Bonchev–Trinajstić information content (AvgIpc) is 2.49. The lowest BCUT2D eigenvalue weighted by molar-refractivity contribution is 0.146. The van der Waals surface area contributed by atoms with E-state index in [4.69, 9.17) is 16.3 Å². The van der Waals surface area contributed by atoms with Crippen LogP contribution in [0, 0.1) is 0 Å². The van der Waals surface area contributed by atoms with Crippen LogP contribution in [0.15, 0.2) is 29.3 Å². The van der Waals surface area contributed by atoms with Crippen molar-refractivity contribution in [2.75, 3.05) is 32.8 Å². The lowest BCUT2D eigenvalue weighted by atomic mass is 10.1. The van der Waals surface area contributed by atoms with Crippen LogP contribution in [-0.4, -0.2) is 38.8 Å². The molecule has 21 heavy (non-hydrogen) atoms. The summed E-state index contributed by atoms with van der Waals surface area (Å²) in [6.07, 6.45) is 1.82. The molecule has 0 aliphatic carbocycles. The Bertz CT molecular complexity index is 424. The molecule has 118 valence electrons. The third kappa shape index (κ3) is 7.93. The van der Waals surface area contributed by atoms with E-state index in [-0.39, 0.29) is 0 Å². The van der Waals surface area contributed by atoms with Crippen molar-refractivity contribution in [3.05, 3.63) is 34.9 Å². The fourth-order valence-electron chi connectivity index (χ4n) is 1.86. The largest absolute Gasteiger partial charge is 0.382 e. The quantitative estimate of drug-likeness (QED) is 0.419. The normalized spacial score (nSPS) is 11.5. The topological polar surface area (TPSA) is 45.7 Å². The van der Waals surface area contributed by atoms with Gasteiger partial charge in [0.05, 0.1) is 0 Å². The number of benzene rings is 1. The molecule has 5 heteroatoms. The summed E-state index contributed by atoms with van der Waals surface area (Å²) in [5.41, 5.74) is 1.15. The second-order valence-corrected chi connectivity index (χ2v) is 4.99. The Hall–Kier alpha value is -1.26. The number of hydrogen-bond donors (Lipinski definition) is 2. The molecule has 1 rings (SSSR count). The fraction of sp³-hybridized carbons (Fsp3) is 0.562. The van der Waals surface area contributed by atoms with Gasteiger partial charge in [0.15, 0.2) is 5.96 Å². The highest BCUT2D eigenvalue weighted by Crippen LogP contribution is 2.14. The van der Waals surface area contributed by atoms with Crippen LogP contribution < -0.4 is 10.6 Å². The van der Waals surface area contributed by atoms with Gasteiger partial charge < -0.3 is 15.4 Å². The molecule has 0 radical (unpaired) electrons. The van der Waals surface area contributed by atoms with E-state index in [2.05, 4.69) is 28.6 Å². The summed E-state index contributed by atoms with van der Waals surface area (Å²) in [6.45, 7) is 8.01. The molecule has 0 spiro atoms. The molecule has 4 nitrogen and oxygen atoms in total. The molecule has 0 unspecified atom stereocenters. The standard InChI is InChI=1S/C16H26ClN3O/c1-3-18-16(19-11-7-13-21-4-2)20-12-10-14-8-5-6-9-15(14)17/h5-6,8-9H,3-4,7,10-13H2,1-2H3,(H2,18,19,20). The van der Waals surface area contributed by atoms with Crippen molar-refractivity contribution in [1.29, 1.82) is 0 Å². The molecule has 0 aromatic heterocycles. The Morgan fingerprint density at radius 3 is 2.76 bits per heavy atom. The summed E-state index contributed by atoms with van der Waals surface area (Å²) in [5, 5.41) is 7.38. The zero-order valence-electron chi connectivity index (χ0n) is 13.0. The molecule has 0 amide bonds. The average molecular weight is 312 g/mol. The van der Waals surface area contributed by atoms with E-state index in [0.717, 1.165) is 62.2 Å². The van der Waals surface area contributed by atoms with Gasteiger partial charge in [-0.1, -0.05) is 29.8 Å². The summed E-state index contributed by atoms with van der Waals surface area (Å²) in [4.78, 5) is 4.52. The number of ether oxygens (including phenoxy) is 1. The molecule has 1 aromatic carbocycles. The predicted molar refractivity (Wildman–Crippen MR) is 90.2 cm³/mol. The number of nitrogens with zero attached hydrogens (tertiary/aromatic N) is 1. The highest BCUT2D eigenvalue weighted by molar-refractivity contribution is 6.31. The van der Waals surface area contributed by atoms with E-state index in [9.17, 15) is 0 Å². The van der Waals surface area contributed by atoms with E-state index in [0.29, 0.717) is 0 Å². The van der Waals surface area contributed by atoms with Crippen LogP contribution in [-0.2, 0) is 11.2 Å². The lowest BCUT2D eigenvalue weighted by Crippen LogP contribution is -2.38. The highest BCUT2D eigenvalue weighted by atomic mass is 35.5. The minimum Gasteiger partial charge on any atom is -0.382 e. The second-order valence-electron chi connectivity index (χ2n) is 4.58. The SMILES string of the molecule is CCNC(=NCCCOCC)NCCc1ccccc1Cl.